The van der Waals surface area contributed by atoms with Gasteiger partial charge < -0.3 is 23.6 Å². The number of alkyl halides is 3. The Morgan fingerprint density at radius 2 is 1.94 bits per heavy atom. The molecule has 250 valence electrons. The summed E-state index contributed by atoms with van der Waals surface area (Å²) in [7, 11) is 6.07. The van der Waals surface area contributed by atoms with Gasteiger partial charge in [-0.2, -0.15) is 13.2 Å². The molecule has 0 saturated carbocycles. The van der Waals surface area contributed by atoms with Crippen molar-refractivity contribution in [1.29, 1.82) is 0 Å². The van der Waals surface area contributed by atoms with Crippen LogP contribution < -0.4 is 20.5 Å². The number of nitrogens with one attached hydrogen (secondary N) is 2. The van der Waals surface area contributed by atoms with Gasteiger partial charge in [-0.05, 0) is 42.8 Å². The predicted molar refractivity (Wildman–Crippen MR) is 165 cm³/mol. The van der Waals surface area contributed by atoms with Crippen molar-refractivity contribution in [2.24, 2.45) is 0 Å². The number of quaternary nitrogens is 1. The standard InChI is InChI=1S/C32H34F5N7O3/c1-5-16-46-20-10-11-21(22(17-20)32(35,36)37)24-18-27(47-41-24)29(31(45)38-13-7-15-44(2,3)4)42-19-39-30-26(42)12-14-43(40-30)25-9-6-8-23(33)28(25)34/h6,8-12,14,17-19,29,40H,5,7,13,15-16H2,1-4H3/p+1. The lowest BCUT2D eigenvalue weighted by atomic mass is 10.0. The Balaban J connectivity index is 1.50. The molecule has 5 rings (SSSR count). The van der Waals surface area contributed by atoms with Crippen molar-refractivity contribution >= 4 is 23.5 Å². The number of imidazole rings is 1. The summed E-state index contributed by atoms with van der Waals surface area (Å²) in [4.78, 5) is 18.1. The Labute approximate surface area is 268 Å². The Morgan fingerprint density at radius 1 is 1.15 bits per heavy atom. The molecule has 1 amide bonds. The number of hydrogen-bond acceptors (Lipinski definition) is 7. The average molecular weight is 661 g/mol. The molecule has 0 saturated heterocycles. The first-order valence-electron chi connectivity index (χ1n) is 14.9. The molecule has 3 heterocycles. The number of hydrazine groups is 1. The molecule has 2 aromatic heterocycles. The summed E-state index contributed by atoms with van der Waals surface area (Å²) in [5.74, 6) is -2.39. The molecule has 1 aliphatic heterocycles. The van der Waals surface area contributed by atoms with Gasteiger partial charge in [-0.25, -0.2) is 13.8 Å². The second kappa shape index (κ2) is 13.4. The number of rotatable bonds is 12. The van der Waals surface area contributed by atoms with Gasteiger partial charge in [-0.1, -0.05) is 18.1 Å². The first-order chi connectivity index (χ1) is 22.3. The number of ether oxygens (including phenoxy) is 1. The van der Waals surface area contributed by atoms with Gasteiger partial charge in [0.1, 0.15) is 17.1 Å². The number of anilines is 2. The first kappa shape index (κ1) is 33.4. The Bertz CT molecular complexity index is 1760. The van der Waals surface area contributed by atoms with Crippen molar-refractivity contribution in [2.45, 2.75) is 32.0 Å². The summed E-state index contributed by atoms with van der Waals surface area (Å²) in [6, 6.07) is 7.35. The number of halogens is 5. The molecule has 0 radical (unpaired) electrons. The van der Waals surface area contributed by atoms with E-state index in [-0.39, 0.29) is 40.9 Å². The van der Waals surface area contributed by atoms with Crippen molar-refractivity contribution in [2.75, 3.05) is 51.3 Å². The van der Waals surface area contributed by atoms with Gasteiger partial charge in [0, 0.05) is 30.8 Å². The number of hydrogen-bond donors (Lipinski definition) is 2. The van der Waals surface area contributed by atoms with Gasteiger partial charge in [-0.3, -0.25) is 15.2 Å². The minimum Gasteiger partial charge on any atom is -0.494 e. The third-order valence-corrected chi connectivity index (χ3v) is 7.31. The maximum Gasteiger partial charge on any atom is 0.417 e. The quantitative estimate of drug-likeness (QED) is 0.105. The summed E-state index contributed by atoms with van der Waals surface area (Å²) in [6.45, 7) is 3.19. The molecule has 1 unspecified atom stereocenters. The number of nitrogens with zero attached hydrogens (tertiary/aromatic N) is 5. The maximum absolute atomic E-state index is 14.5. The fourth-order valence-electron chi connectivity index (χ4n) is 5.03. The molecule has 1 aliphatic rings. The normalized spacial score (nSPS) is 13.7. The minimum absolute atomic E-state index is 0.0456. The molecule has 10 nitrogen and oxygen atoms in total. The van der Waals surface area contributed by atoms with E-state index in [2.05, 4.69) is 20.9 Å². The summed E-state index contributed by atoms with van der Waals surface area (Å²) >= 11 is 0. The van der Waals surface area contributed by atoms with E-state index >= 15 is 0 Å². The Hall–Kier alpha value is -4.92. The zero-order valence-corrected chi connectivity index (χ0v) is 26.2. The highest BCUT2D eigenvalue weighted by Crippen LogP contribution is 2.40. The van der Waals surface area contributed by atoms with E-state index in [9.17, 15) is 26.7 Å². The van der Waals surface area contributed by atoms with E-state index in [1.54, 1.807) is 0 Å². The largest absolute Gasteiger partial charge is 0.494 e. The van der Waals surface area contributed by atoms with Gasteiger partial charge in [0.2, 0.25) is 0 Å². The van der Waals surface area contributed by atoms with Gasteiger partial charge in [-0.15, -0.1) is 0 Å². The topological polar surface area (TPSA) is 97.5 Å². The van der Waals surface area contributed by atoms with Gasteiger partial charge in [0.15, 0.2) is 29.3 Å². The average Bonchev–Trinajstić information content (AvgIpc) is 3.66. The number of amides is 1. The van der Waals surface area contributed by atoms with Crippen LogP contribution in [0.3, 0.4) is 0 Å². The van der Waals surface area contributed by atoms with Crippen molar-refractivity contribution < 1.29 is 40.5 Å². The van der Waals surface area contributed by atoms with Crippen LogP contribution in [0.2, 0.25) is 0 Å². The van der Waals surface area contributed by atoms with Crippen LogP contribution in [-0.4, -0.2) is 65.9 Å². The molecule has 0 fully saturated rings. The van der Waals surface area contributed by atoms with Gasteiger partial charge in [0.05, 0.1) is 51.9 Å². The fraction of sp³-hybridized carbons (Fsp3) is 0.344. The lowest BCUT2D eigenvalue weighted by molar-refractivity contribution is -0.870. The molecular weight excluding hydrogens is 625 g/mol. The van der Waals surface area contributed by atoms with Crippen molar-refractivity contribution in [1.82, 2.24) is 20.0 Å². The summed E-state index contributed by atoms with van der Waals surface area (Å²) in [5, 5.41) is 8.04. The summed E-state index contributed by atoms with van der Waals surface area (Å²) in [6.07, 6.45) is 0.856. The van der Waals surface area contributed by atoms with Crippen LogP contribution in [0.5, 0.6) is 5.75 Å². The highest BCUT2D eigenvalue weighted by Gasteiger charge is 2.36. The molecule has 1 atom stereocenters. The van der Waals surface area contributed by atoms with E-state index in [4.69, 9.17) is 9.26 Å². The highest BCUT2D eigenvalue weighted by atomic mass is 19.4. The molecule has 47 heavy (non-hydrogen) atoms. The summed E-state index contributed by atoms with van der Waals surface area (Å²) in [5.41, 5.74) is 1.81. The molecule has 15 heteroatoms. The van der Waals surface area contributed by atoms with E-state index in [0.717, 1.165) is 18.7 Å². The second-order valence-electron chi connectivity index (χ2n) is 12.0. The van der Waals surface area contributed by atoms with E-state index in [1.807, 2.05) is 28.1 Å². The molecule has 0 spiro atoms. The van der Waals surface area contributed by atoms with E-state index < -0.39 is 35.3 Å². The minimum atomic E-state index is -4.73. The van der Waals surface area contributed by atoms with Crippen molar-refractivity contribution in [3.05, 3.63) is 83.6 Å². The van der Waals surface area contributed by atoms with E-state index in [1.165, 1.54) is 58.5 Å². The van der Waals surface area contributed by atoms with Crippen molar-refractivity contribution in [3.63, 3.8) is 0 Å². The number of aromatic nitrogens is 3. The number of carbonyl (C=O) groups excluding carboxylic acids is 1. The second-order valence-corrected chi connectivity index (χ2v) is 12.0. The van der Waals surface area contributed by atoms with Crippen molar-refractivity contribution in [3.8, 4) is 17.0 Å². The maximum atomic E-state index is 14.5. The fourth-order valence-corrected chi connectivity index (χ4v) is 5.03. The third-order valence-electron chi connectivity index (χ3n) is 7.31. The van der Waals surface area contributed by atoms with Gasteiger partial charge in [0.25, 0.3) is 5.91 Å². The third kappa shape index (κ3) is 7.56. The molecule has 0 aliphatic carbocycles. The Kier molecular flexibility index (Phi) is 9.56. The van der Waals surface area contributed by atoms with Crippen LogP contribution in [0.1, 0.15) is 42.8 Å². The van der Waals surface area contributed by atoms with E-state index in [0.29, 0.717) is 29.6 Å². The van der Waals surface area contributed by atoms with Crippen LogP contribution in [0, 0.1) is 11.6 Å². The zero-order valence-electron chi connectivity index (χ0n) is 26.2. The molecular formula is C32H35F5N7O3+. The zero-order chi connectivity index (χ0) is 33.9. The van der Waals surface area contributed by atoms with Crippen LogP contribution in [-0.2, 0) is 11.0 Å². The molecule has 0 bridgehead atoms. The van der Waals surface area contributed by atoms with Gasteiger partial charge >= 0.3 is 6.18 Å². The lowest BCUT2D eigenvalue weighted by Crippen LogP contribution is -2.39. The predicted octanol–water partition coefficient (Wildman–Crippen LogP) is 6.24. The smallest absolute Gasteiger partial charge is 0.417 e. The lowest BCUT2D eigenvalue weighted by Gasteiger charge is -2.26. The van der Waals surface area contributed by atoms with Crippen LogP contribution >= 0.6 is 0 Å². The molecule has 4 aromatic rings. The highest BCUT2D eigenvalue weighted by molar-refractivity contribution is 5.84. The molecule has 2 N–H and O–H groups in total. The van der Waals surface area contributed by atoms with Crippen LogP contribution in [0.15, 0.2) is 59.5 Å². The number of carbonyl (C=O) groups is 1. The SMILES string of the molecule is CCCOc1ccc(-c2cc(C(C(=O)NCCC[N+](C)(C)C)n3cnc4c3C=CN(c3cccc(F)c3F)N4)on2)c(C(F)(F)F)c1. The summed E-state index contributed by atoms with van der Waals surface area (Å²) < 4.78 is 83.9. The monoisotopic (exact) mass is 660 g/mol. The number of fused-ring (bicyclic) bond motifs is 1. The first-order valence-corrected chi connectivity index (χ1v) is 14.9. The Morgan fingerprint density at radius 3 is 2.66 bits per heavy atom. The van der Waals surface area contributed by atoms with Crippen LogP contribution in [0.4, 0.5) is 33.5 Å². The molecule has 2 aromatic carbocycles. The van der Waals surface area contributed by atoms with Crippen LogP contribution in [0.25, 0.3) is 17.3 Å². The number of benzene rings is 2.